The number of hydrogen-bond acceptors (Lipinski definition) is 3. The van der Waals surface area contributed by atoms with E-state index in [2.05, 4.69) is 10.3 Å². The molecule has 1 amide bonds. The minimum atomic E-state index is -0.517. The number of carbonyl (C=O) groups excluding carboxylic acids is 1. The van der Waals surface area contributed by atoms with Gasteiger partial charge in [-0.25, -0.2) is 4.39 Å². The second kappa shape index (κ2) is 5.29. The lowest BCUT2D eigenvalue weighted by molar-refractivity contribution is 0.0952. The number of nitrogens with zero attached hydrogens (tertiary/aromatic N) is 1. The molecule has 0 unspecified atom stereocenters. The monoisotopic (exact) mass is 197 g/mol. The Bertz CT molecular complexity index is 317. The van der Waals surface area contributed by atoms with Crippen molar-refractivity contribution >= 4 is 5.91 Å². The first-order valence-corrected chi connectivity index (χ1v) is 4.33. The van der Waals surface area contributed by atoms with E-state index >= 15 is 0 Å². The third kappa shape index (κ3) is 3.10. The van der Waals surface area contributed by atoms with Gasteiger partial charge in [0, 0.05) is 12.7 Å². The molecule has 0 spiro atoms. The molecule has 14 heavy (non-hydrogen) atoms. The van der Waals surface area contributed by atoms with E-state index in [9.17, 15) is 9.18 Å². The number of nitrogens with two attached hydrogens (primary N) is 1. The molecular formula is C9H12FN3O. The molecule has 76 valence electrons. The summed E-state index contributed by atoms with van der Waals surface area (Å²) in [7, 11) is 0. The Morgan fingerprint density at radius 3 is 3.00 bits per heavy atom. The van der Waals surface area contributed by atoms with Crippen molar-refractivity contribution in [2.45, 2.75) is 6.42 Å². The Labute approximate surface area is 81.3 Å². The van der Waals surface area contributed by atoms with Crippen LogP contribution in [0.4, 0.5) is 4.39 Å². The van der Waals surface area contributed by atoms with Crippen molar-refractivity contribution in [2.75, 3.05) is 13.1 Å². The van der Waals surface area contributed by atoms with Crippen LogP contribution in [0.1, 0.15) is 16.8 Å². The molecule has 1 rings (SSSR count). The van der Waals surface area contributed by atoms with Gasteiger partial charge in [-0.05, 0) is 19.0 Å². The molecule has 0 atom stereocenters. The Hall–Kier alpha value is -1.49. The van der Waals surface area contributed by atoms with Crippen molar-refractivity contribution in [3.63, 3.8) is 0 Å². The fourth-order valence-electron chi connectivity index (χ4n) is 0.942. The van der Waals surface area contributed by atoms with Crippen LogP contribution >= 0.6 is 0 Å². The fourth-order valence-corrected chi connectivity index (χ4v) is 0.942. The zero-order valence-electron chi connectivity index (χ0n) is 7.66. The van der Waals surface area contributed by atoms with Gasteiger partial charge in [0.05, 0.1) is 11.8 Å². The lowest BCUT2D eigenvalue weighted by Gasteiger charge is -2.03. The van der Waals surface area contributed by atoms with Crippen LogP contribution < -0.4 is 11.1 Å². The Balaban J connectivity index is 2.52. The highest BCUT2D eigenvalue weighted by Crippen LogP contribution is 2.00. The first-order valence-electron chi connectivity index (χ1n) is 4.33. The van der Waals surface area contributed by atoms with E-state index in [0.29, 0.717) is 19.5 Å². The number of nitrogens with one attached hydrogen (secondary N) is 1. The summed E-state index contributed by atoms with van der Waals surface area (Å²) in [6, 6.07) is 1.14. The lowest BCUT2D eigenvalue weighted by atomic mass is 10.2. The van der Waals surface area contributed by atoms with Gasteiger partial charge in [0.15, 0.2) is 0 Å². The van der Waals surface area contributed by atoms with Gasteiger partial charge >= 0.3 is 0 Å². The molecule has 0 aliphatic carbocycles. The van der Waals surface area contributed by atoms with Crippen molar-refractivity contribution in [2.24, 2.45) is 5.73 Å². The third-order valence-electron chi connectivity index (χ3n) is 1.63. The van der Waals surface area contributed by atoms with Gasteiger partial charge in [-0.3, -0.25) is 9.78 Å². The summed E-state index contributed by atoms with van der Waals surface area (Å²) in [6.45, 7) is 1.01. The van der Waals surface area contributed by atoms with Crippen molar-refractivity contribution in [3.8, 4) is 0 Å². The Kier molecular flexibility index (Phi) is 4.00. The molecule has 0 aromatic carbocycles. The van der Waals surface area contributed by atoms with Crippen LogP contribution in [-0.2, 0) is 0 Å². The van der Waals surface area contributed by atoms with E-state index in [0.717, 1.165) is 12.3 Å². The highest BCUT2D eigenvalue weighted by molar-refractivity contribution is 5.93. The molecule has 1 aromatic heterocycles. The van der Waals surface area contributed by atoms with Crippen LogP contribution in [0.2, 0.25) is 0 Å². The molecular weight excluding hydrogens is 185 g/mol. The number of halogens is 1. The van der Waals surface area contributed by atoms with Crippen molar-refractivity contribution in [1.29, 1.82) is 0 Å². The number of hydrogen-bond donors (Lipinski definition) is 2. The summed E-state index contributed by atoms with van der Waals surface area (Å²) in [5.74, 6) is -0.845. The average molecular weight is 197 g/mol. The summed E-state index contributed by atoms with van der Waals surface area (Å²) in [4.78, 5) is 14.9. The van der Waals surface area contributed by atoms with Crippen LogP contribution in [-0.4, -0.2) is 24.0 Å². The van der Waals surface area contributed by atoms with Gasteiger partial charge in [-0.2, -0.15) is 0 Å². The molecule has 4 nitrogen and oxygen atoms in total. The molecule has 0 fully saturated rings. The highest BCUT2D eigenvalue weighted by atomic mass is 19.1. The fraction of sp³-hybridized carbons (Fsp3) is 0.333. The first-order chi connectivity index (χ1) is 6.74. The van der Waals surface area contributed by atoms with E-state index in [4.69, 9.17) is 5.73 Å². The van der Waals surface area contributed by atoms with Gasteiger partial charge in [0.25, 0.3) is 5.91 Å². The number of aromatic nitrogens is 1. The minimum absolute atomic E-state index is 0.224. The van der Waals surface area contributed by atoms with Crippen LogP contribution in [0.15, 0.2) is 18.5 Å². The van der Waals surface area contributed by atoms with E-state index in [1.165, 1.54) is 6.20 Å². The standard InChI is InChI=1S/C9H12FN3O/c10-8-4-7(5-12-6-8)9(14)13-3-1-2-11/h4-6H,1-3,11H2,(H,13,14). The number of carbonyl (C=O) groups is 1. The topological polar surface area (TPSA) is 68.0 Å². The SMILES string of the molecule is NCCCNC(=O)c1cncc(F)c1. The quantitative estimate of drug-likeness (QED) is 0.682. The first kappa shape index (κ1) is 10.6. The van der Waals surface area contributed by atoms with Crippen LogP contribution in [0.25, 0.3) is 0 Å². The van der Waals surface area contributed by atoms with Gasteiger partial charge in [0.2, 0.25) is 0 Å². The highest BCUT2D eigenvalue weighted by Gasteiger charge is 2.05. The molecule has 5 heteroatoms. The summed E-state index contributed by atoms with van der Waals surface area (Å²) in [5, 5.41) is 2.60. The second-order valence-electron chi connectivity index (χ2n) is 2.79. The molecule has 1 aromatic rings. The van der Waals surface area contributed by atoms with E-state index in [-0.39, 0.29) is 11.5 Å². The van der Waals surface area contributed by atoms with Gasteiger partial charge in [-0.15, -0.1) is 0 Å². The van der Waals surface area contributed by atoms with Crippen LogP contribution in [0.5, 0.6) is 0 Å². The largest absolute Gasteiger partial charge is 0.352 e. The maximum Gasteiger partial charge on any atom is 0.252 e. The average Bonchev–Trinajstić information content (AvgIpc) is 2.18. The number of rotatable bonds is 4. The molecule has 0 saturated carbocycles. The number of amides is 1. The van der Waals surface area contributed by atoms with Crippen LogP contribution in [0, 0.1) is 5.82 Å². The predicted octanol–water partition coefficient (Wildman–Crippen LogP) is 0.299. The third-order valence-corrected chi connectivity index (χ3v) is 1.63. The summed E-state index contributed by atoms with van der Waals surface area (Å²) in [6.07, 6.45) is 3.08. The normalized spacial score (nSPS) is 9.86. The lowest BCUT2D eigenvalue weighted by Crippen LogP contribution is -2.26. The molecule has 0 aliphatic heterocycles. The van der Waals surface area contributed by atoms with Crippen molar-refractivity contribution in [3.05, 3.63) is 29.8 Å². The maximum atomic E-state index is 12.7. The van der Waals surface area contributed by atoms with Crippen molar-refractivity contribution < 1.29 is 9.18 Å². The number of pyridine rings is 1. The van der Waals surface area contributed by atoms with E-state index in [1.54, 1.807) is 0 Å². The Morgan fingerprint density at radius 2 is 2.36 bits per heavy atom. The van der Waals surface area contributed by atoms with Crippen LogP contribution in [0.3, 0.4) is 0 Å². The summed E-state index contributed by atoms with van der Waals surface area (Å²) < 4.78 is 12.7. The minimum Gasteiger partial charge on any atom is -0.352 e. The zero-order chi connectivity index (χ0) is 10.4. The van der Waals surface area contributed by atoms with Gasteiger partial charge < -0.3 is 11.1 Å². The molecule has 0 radical (unpaired) electrons. The molecule has 0 aliphatic rings. The summed E-state index contributed by atoms with van der Waals surface area (Å²) in [5.41, 5.74) is 5.48. The van der Waals surface area contributed by atoms with E-state index in [1.807, 2.05) is 0 Å². The molecule has 0 bridgehead atoms. The molecule has 3 N–H and O–H groups in total. The van der Waals surface area contributed by atoms with Gasteiger partial charge in [-0.1, -0.05) is 0 Å². The second-order valence-corrected chi connectivity index (χ2v) is 2.79. The zero-order valence-corrected chi connectivity index (χ0v) is 7.66. The van der Waals surface area contributed by atoms with Gasteiger partial charge in [0.1, 0.15) is 5.82 Å². The smallest absolute Gasteiger partial charge is 0.252 e. The van der Waals surface area contributed by atoms with E-state index < -0.39 is 5.82 Å². The molecule has 1 heterocycles. The molecule has 0 saturated heterocycles. The predicted molar refractivity (Wildman–Crippen MR) is 50.2 cm³/mol. The van der Waals surface area contributed by atoms with Crippen molar-refractivity contribution in [1.82, 2.24) is 10.3 Å². The maximum absolute atomic E-state index is 12.7. The summed E-state index contributed by atoms with van der Waals surface area (Å²) >= 11 is 0. The Morgan fingerprint density at radius 1 is 1.57 bits per heavy atom.